The van der Waals surface area contributed by atoms with Gasteiger partial charge < -0.3 is 10.2 Å². The molecule has 0 bridgehead atoms. The fourth-order valence-electron chi connectivity index (χ4n) is 2.77. The van der Waals surface area contributed by atoms with Crippen molar-refractivity contribution >= 4 is 5.69 Å². The first-order valence-corrected chi connectivity index (χ1v) is 7.55. The molecule has 0 amide bonds. The zero-order valence-corrected chi connectivity index (χ0v) is 12.6. The minimum Gasteiger partial charge on any atom is -0.368 e. The van der Waals surface area contributed by atoms with Crippen LogP contribution in [0, 0.1) is 0 Å². The molecule has 1 aliphatic heterocycles. The van der Waals surface area contributed by atoms with Gasteiger partial charge >= 0.3 is 6.18 Å². The highest BCUT2D eigenvalue weighted by molar-refractivity contribution is 5.49. The molecular formula is C16H23F3N2. The summed E-state index contributed by atoms with van der Waals surface area (Å²) >= 11 is 0. The molecule has 1 atom stereocenters. The molecule has 1 saturated heterocycles. The molecule has 118 valence electrons. The normalized spacial score (nSPS) is 19.8. The van der Waals surface area contributed by atoms with Gasteiger partial charge in [-0.1, -0.05) is 6.42 Å². The van der Waals surface area contributed by atoms with E-state index in [1.54, 1.807) is 12.1 Å². The molecule has 0 saturated carbocycles. The highest BCUT2D eigenvalue weighted by atomic mass is 19.4. The van der Waals surface area contributed by atoms with E-state index in [9.17, 15) is 13.2 Å². The Labute approximate surface area is 124 Å². The molecule has 1 aromatic carbocycles. The highest BCUT2D eigenvalue weighted by Gasteiger charge is 2.30. The predicted molar refractivity (Wildman–Crippen MR) is 79.6 cm³/mol. The number of halogens is 3. The Kier molecular flexibility index (Phi) is 5.14. The van der Waals surface area contributed by atoms with Gasteiger partial charge in [-0.15, -0.1) is 0 Å². The Morgan fingerprint density at radius 1 is 1.19 bits per heavy atom. The van der Waals surface area contributed by atoms with Crippen LogP contribution in [0.4, 0.5) is 18.9 Å². The van der Waals surface area contributed by atoms with Crippen LogP contribution in [0.3, 0.4) is 0 Å². The minimum absolute atomic E-state index is 0.255. The van der Waals surface area contributed by atoms with Crippen molar-refractivity contribution in [3.8, 4) is 0 Å². The number of hydrogen-bond acceptors (Lipinski definition) is 2. The Bertz CT molecular complexity index is 434. The number of benzene rings is 1. The summed E-state index contributed by atoms with van der Waals surface area (Å²) in [5, 5.41) is 3.49. The molecule has 0 aromatic heterocycles. The van der Waals surface area contributed by atoms with Gasteiger partial charge in [0.1, 0.15) is 0 Å². The van der Waals surface area contributed by atoms with E-state index < -0.39 is 11.7 Å². The SMILES string of the molecule is CC(C)N(CC1CCCCN1)c1ccc(C(F)(F)F)cc1. The first kappa shape index (κ1) is 16.1. The van der Waals surface area contributed by atoms with Gasteiger partial charge in [-0.2, -0.15) is 13.2 Å². The van der Waals surface area contributed by atoms with Gasteiger partial charge in [-0.3, -0.25) is 0 Å². The summed E-state index contributed by atoms with van der Waals surface area (Å²) in [5.74, 6) is 0. The fourth-order valence-corrected chi connectivity index (χ4v) is 2.77. The molecule has 0 spiro atoms. The van der Waals surface area contributed by atoms with E-state index in [4.69, 9.17) is 0 Å². The van der Waals surface area contributed by atoms with Gasteiger partial charge in [0.2, 0.25) is 0 Å². The summed E-state index contributed by atoms with van der Waals surface area (Å²) in [6.45, 7) is 6.01. The quantitative estimate of drug-likeness (QED) is 0.902. The van der Waals surface area contributed by atoms with Crippen LogP contribution in [-0.2, 0) is 6.18 Å². The van der Waals surface area contributed by atoms with Crippen molar-refractivity contribution < 1.29 is 13.2 Å². The zero-order chi connectivity index (χ0) is 15.5. The monoisotopic (exact) mass is 300 g/mol. The van der Waals surface area contributed by atoms with Crippen molar-refractivity contribution in [1.82, 2.24) is 5.32 Å². The van der Waals surface area contributed by atoms with E-state index in [1.165, 1.54) is 25.0 Å². The Morgan fingerprint density at radius 2 is 1.86 bits per heavy atom. The van der Waals surface area contributed by atoms with Crippen LogP contribution in [0.5, 0.6) is 0 Å². The van der Waals surface area contributed by atoms with Gasteiger partial charge in [0.15, 0.2) is 0 Å². The van der Waals surface area contributed by atoms with Gasteiger partial charge in [0, 0.05) is 24.3 Å². The van der Waals surface area contributed by atoms with Crippen molar-refractivity contribution in [1.29, 1.82) is 0 Å². The van der Waals surface area contributed by atoms with E-state index in [-0.39, 0.29) is 6.04 Å². The second-order valence-electron chi connectivity index (χ2n) is 5.94. The number of nitrogens with zero attached hydrogens (tertiary/aromatic N) is 1. The van der Waals surface area contributed by atoms with Crippen molar-refractivity contribution in [3.05, 3.63) is 29.8 Å². The third kappa shape index (κ3) is 4.37. The third-order valence-electron chi connectivity index (χ3n) is 3.98. The largest absolute Gasteiger partial charge is 0.416 e. The van der Waals surface area contributed by atoms with Crippen molar-refractivity contribution in [2.75, 3.05) is 18.0 Å². The molecule has 21 heavy (non-hydrogen) atoms. The molecule has 0 aliphatic carbocycles. The maximum absolute atomic E-state index is 12.6. The molecule has 1 heterocycles. The maximum Gasteiger partial charge on any atom is 0.416 e. The van der Waals surface area contributed by atoms with E-state index in [1.807, 2.05) is 0 Å². The van der Waals surface area contributed by atoms with Gasteiger partial charge in [-0.05, 0) is 57.5 Å². The molecule has 1 unspecified atom stereocenters. The smallest absolute Gasteiger partial charge is 0.368 e. The third-order valence-corrected chi connectivity index (χ3v) is 3.98. The predicted octanol–water partition coefficient (Wildman–Crippen LogP) is 4.06. The Hall–Kier alpha value is -1.23. The van der Waals surface area contributed by atoms with E-state index in [2.05, 4.69) is 24.1 Å². The molecule has 1 N–H and O–H groups in total. The number of rotatable bonds is 4. The first-order chi connectivity index (χ1) is 9.88. The molecule has 2 nitrogen and oxygen atoms in total. The van der Waals surface area contributed by atoms with Crippen LogP contribution in [0.25, 0.3) is 0 Å². The first-order valence-electron chi connectivity index (χ1n) is 7.55. The summed E-state index contributed by atoms with van der Waals surface area (Å²) in [6, 6.07) is 6.16. The van der Waals surface area contributed by atoms with Crippen LogP contribution in [0.1, 0.15) is 38.7 Å². The molecule has 1 aliphatic rings. The van der Waals surface area contributed by atoms with Crippen LogP contribution < -0.4 is 10.2 Å². The summed E-state index contributed by atoms with van der Waals surface area (Å²) in [4.78, 5) is 2.17. The lowest BCUT2D eigenvalue weighted by molar-refractivity contribution is -0.137. The molecule has 1 fully saturated rings. The fraction of sp³-hybridized carbons (Fsp3) is 0.625. The standard InChI is InChI=1S/C16H23F3N2/c1-12(2)21(11-14-5-3-4-10-20-14)15-8-6-13(7-9-15)16(17,18)19/h6-9,12,14,20H,3-5,10-11H2,1-2H3. The molecule has 1 aromatic rings. The number of alkyl halides is 3. The lowest BCUT2D eigenvalue weighted by Gasteiger charge is -2.35. The van der Waals surface area contributed by atoms with Crippen LogP contribution in [0.2, 0.25) is 0 Å². The summed E-state index contributed by atoms with van der Waals surface area (Å²) in [7, 11) is 0. The van der Waals surface area contributed by atoms with E-state index in [0.29, 0.717) is 6.04 Å². The number of nitrogens with one attached hydrogen (secondary N) is 1. The van der Waals surface area contributed by atoms with Crippen LogP contribution >= 0.6 is 0 Å². The Balaban J connectivity index is 2.10. The maximum atomic E-state index is 12.6. The van der Waals surface area contributed by atoms with E-state index in [0.717, 1.165) is 25.2 Å². The molecule has 0 radical (unpaired) electrons. The van der Waals surface area contributed by atoms with Crippen LogP contribution in [0.15, 0.2) is 24.3 Å². The zero-order valence-electron chi connectivity index (χ0n) is 12.6. The van der Waals surface area contributed by atoms with Gasteiger partial charge in [0.05, 0.1) is 5.56 Å². The Morgan fingerprint density at radius 3 is 2.33 bits per heavy atom. The number of hydrogen-bond donors (Lipinski definition) is 1. The topological polar surface area (TPSA) is 15.3 Å². The lowest BCUT2D eigenvalue weighted by Crippen LogP contribution is -2.46. The second kappa shape index (κ2) is 6.69. The van der Waals surface area contributed by atoms with Gasteiger partial charge in [0.25, 0.3) is 0 Å². The molecule has 5 heteroatoms. The molecular weight excluding hydrogens is 277 g/mol. The van der Waals surface area contributed by atoms with Crippen molar-refractivity contribution in [3.63, 3.8) is 0 Å². The lowest BCUT2D eigenvalue weighted by atomic mass is 10.0. The summed E-state index contributed by atoms with van der Waals surface area (Å²) < 4.78 is 37.9. The van der Waals surface area contributed by atoms with Crippen molar-refractivity contribution in [2.24, 2.45) is 0 Å². The average Bonchev–Trinajstić information content (AvgIpc) is 2.45. The number of anilines is 1. The highest BCUT2D eigenvalue weighted by Crippen LogP contribution is 2.31. The summed E-state index contributed by atoms with van der Waals surface area (Å²) in [5.41, 5.74) is 0.260. The molecule has 2 rings (SSSR count). The van der Waals surface area contributed by atoms with Crippen molar-refractivity contribution in [2.45, 2.75) is 51.4 Å². The average molecular weight is 300 g/mol. The summed E-state index contributed by atoms with van der Waals surface area (Å²) in [6.07, 6.45) is -0.717. The second-order valence-corrected chi connectivity index (χ2v) is 5.94. The minimum atomic E-state index is -4.27. The van der Waals surface area contributed by atoms with E-state index >= 15 is 0 Å². The van der Waals surface area contributed by atoms with Crippen LogP contribution in [-0.4, -0.2) is 25.2 Å². The number of piperidine rings is 1. The van der Waals surface area contributed by atoms with Gasteiger partial charge in [-0.25, -0.2) is 0 Å².